The van der Waals surface area contributed by atoms with Gasteiger partial charge in [0.2, 0.25) is 0 Å². The molecule has 1 N–H and O–H groups in total. The zero-order chi connectivity index (χ0) is 13.0. The first-order chi connectivity index (χ1) is 8.68. The molecule has 0 spiro atoms. The third-order valence-electron chi connectivity index (χ3n) is 3.37. The summed E-state index contributed by atoms with van der Waals surface area (Å²) >= 11 is 0. The zero-order valence-corrected chi connectivity index (χ0v) is 10.6. The summed E-state index contributed by atoms with van der Waals surface area (Å²) < 4.78 is 32.6. The molecule has 1 saturated heterocycles. The molecule has 0 bridgehead atoms. The van der Waals surface area contributed by atoms with Gasteiger partial charge < -0.3 is 10.1 Å². The van der Waals surface area contributed by atoms with E-state index in [1.807, 2.05) is 0 Å². The summed E-state index contributed by atoms with van der Waals surface area (Å²) in [5.74, 6) is -0.972. The van der Waals surface area contributed by atoms with Crippen LogP contribution in [0.1, 0.15) is 37.8 Å². The molecule has 1 aliphatic rings. The SMILES string of the molecule is CC(NC1CCCOCC1)c1c(F)cccc1F. The van der Waals surface area contributed by atoms with Gasteiger partial charge in [-0.2, -0.15) is 0 Å². The maximum atomic E-state index is 13.6. The standard InChI is InChI=1S/C14H19F2NO/c1-10(14-12(15)5-2-6-13(14)16)17-11-4-3-8-18-9-7-11/h2,5-6,10-11,17H,3-4,7-9H2,1H3. The Morgan fingerprint density at radius 3 is 2.67 bits per heavy atom. The molecule has 2 nitrogen and oxygen atoms in total. The second-order valence-electron chi connectivity index (χ2n) is 4.76. The summed E-state index contributed by atoms with van der Waals surface area (Å²) in [7, 11) is 0. The van der Waals surface area contributed by atoms with Crippen molar-refractivity contribution in [3.8, 4) is 0 Å². The van der Waals surface area contributed by atoms with Gasteiger partial charge in [0.05, 0.1) is 0 Å². The minimum Gasteiger partial charge on any atom is -0.381 e. The monoisotopic (exact) mass is 255 g/mol. The van der Waals surface area contributed by atoms with Crippen molar-refractivity contribution >= 4 is 0 Å². The summed E-state index contributed by atoms with van der Waals surface area (Å²) in [6.45, 7) is 3.29. The first-order valence-electron chi connectivity index (χ1n) is 6.46. The molecular formula is C14H19F2NO. The minimum absolute atomic E-state index is 0.127. The van der Waals surface area contributed by atoms with Gasteiger partial charge in [-0.1, -0.05) is 6.07 Å². The van der Waals surface area contributed by atoms with Gasteiger partial charge in [0.15, 0.2) is 0 Å². The summed E-state index contributed by atoms with van der Waals surface area (Å²) in [5, 5.41) is 3.30. The van der Waals surface area contributed by atoms with E-state index < -0.39 is 11.6 Å². The maximum absolute atomic E-state index is 13.6. The number of nitrogens with one attached hydrogen (secondary N) is 1. The summed E-state index contributed by atoms with van der Waals surface area (Å²) in [4.78, 5) is 0. The van der Waals surface area contributed by atoms with E-state index in [2.05, 4.69) is 5.32 Å². The quantitative estimate of drug-likeness (QED) is 0.895. The van der Waals surface area contributed by atoms with Crippen LogP contribution in [0.5, 0.6) is 0 Å². The Labute approximate surface area is 106 Å². The molecule has 4 heteroatoms. The zero-order valence-electron chi connectivity index (χ0n) is 10.6. The lowest BCUT2D eigenvalue weighted by atomic mass is 10.0. The van der Waals surface area contributed by atoms with Gasteiger partial charge in [0, 0.05) is 30.9 Å². The molecule has 2 unspecified atom stereocenters. The Morgan fingerprint density at radius 2 is 1.94 bits per heavy atom. The highest BCUT2D eigenvalue weighted by Crippen LogP contribution is 2.22. The molecule has 0 aliphatic carbocycles. The second kappa shape index (κ2) is 6.25. The van der Waals surface area contributed by atoms with Crippen LogP contribution in [0.25, 0.3) is 0 Å². The van der Waals surface area contributed by atoms with E-state index >= 15 is 0 Å². The second-order valence-corrected chi connectivity index (χ2v) is 4.76. The van der Waals surface area contributed by atoms with Crippen molar-refractivity contribution in [2.45, 2.75) is 38.3 Å². The summed E-state index contributed by atoms with van der Waals surface area (Å²) in [5.41, 5.74) is 0.127. The van der Waals surface area contributed by atoms with Crippen LogP contribution >= 0.6 is 0 Å². The molecule has 2 rings (SSSR count). The normalized spacial score (nSPS) is 22.5. The van der Waals surface area contributed by atoms with E-state index in [1.165, 1.54) is 18.2 Å². The molecule has 100 valence electrons. The highest BCUT2D eigenvalue weighted by Gasteiger charge is 2.20. The van der Waals surface area contributed by atoms with E-state index in [0.717, 1.165) is 25.9 Å². The van der Waals surface area contributed by atoms with Gasteiger partial charge in [-0.15, -0.1) is 0 Å². The molecule has 0 saturated carbocycles. The first kappa shape index (κ1) is 13.4. The predicted octanol–water partition coefficient (Wildman–Crippen LogP) is 3.18. The largest absolute Gasteiger partial charge is 0.381 e. The first-order valence-corrected chi connectivity index (χ1v) is 6.46. The van der Waals surface area contributed by atoms with Gasteiger partial charge in [-0.3, -0.25) is 0 Å². The minimum atomic E-state index is -0.486. The molecule has 1 heterocycles. The highest BCUT2D eigenvalue weighted by molar-refractivity contribution is 5.22. The number of benzene rings is 1. The molecular weight excluding hydrogens is 236 g/mol. The molecule has 1 fully saturated rings. The number of rotatable bonds is 3. The third kappa shape index (κ3) is 3.27. The number of hydrogen-bond acceptors (Lipinski definition) is 2. The fourth-order valence-corrected chi connectivity index (χ4v) is 2.43. The van der Waals surface area contributed by atoms with Crippen molar-refractivity contribution < 1.29 is 13.5 Å². The maximum Gasteiger partial charge on any atom is 0.130 e. The van der Waals surface area contributed by atoms with Crippen LogP contribution in [0.4, 0.5) is 8.78 Å². The van der Waals surface area contributed by atoms with Crippen LogP contribution in [0.3, 0.4) is 0 Å². The fourth-order valence-electron chi connectivity index (χ4n) is 2.43. The van der Waals surface area contributed by atoms with Crippen LogP contribution in [0.2, 0.25) is 0 Å². The van der Waals surface area contributed by atoms with Crippen molar-refractivity contribution in [2.24, 2.45) is 0 Å². The van der Waals surface area contributed by atoms with E-state index in [0.29, 0.717) is 6.61 Å². The average molecular weight is 255 g/mol. The van der Waals surface area contributed by atoms with Crippen LogP contribution < -0.4 is 5.32 Å². The molecule has 0 aromatic heterocycles. The molecule has 2 atom stereocenters. The van der Waals surface area contributed by atoms with Crippen molar-refractivity contribution in [1.29, 1.82) is 0 Å². The topological polar surface area (TPSA) is 21.3 Å². The molecule has 0 amide bonds. The molecule has 18 heavy (non-hydrogen) atoms. The number of ether oxygens (including phenoxy) is 1. The molecule has 1 aromatic carbocycles. The third-order valence-corrected chi connectivity index (χ3v) is 3.37. The van der Waals surface area contributed by atoms with Gasteiger partial charge in [-0.05, 0) is 38.3 Å². The van der Waals surface area contributed by atoms with Crippen molar-refractivity contribution in [3.63, 3.8) is 0 Å². The fraction of sp³-hybridized carbons (Fsp3) is 0.571. The molecule has 1 aliphatic heterocycles. The van der Waals surface area contributed by atoms with Crippen LogP contribution in [-0.2, 0) is 4.74 Å². The van der Waals surface area contributed by atoms with Gasteiger partial charge in [0.1, 0.15) is 11.6 Å². The average Bonchev–Trinajstić information content (AvgIpc) is 2.57. The van der Waals surface area contributed by atoms with Crippen molar-refractivity contribution in [1.82, 2.24) is 5.32 Å². The highest BCUT2D eigenvalue weighted by atomic mass is 19.1. The summed E-state index contributed by atoms with van der Waals surface area (Å²) in [6.07, 6.45) is 2.87. The van der Waals surface area contributed by atoms with E-state index in [4.69, 9.17) is 4.74 Å². The molecule has 0 radical (unpaired) electrons. The lowest BCUT2D eigenvalue weighted by Gasteiger charge is -2.22. The Morgan fingerprint density at radius 1 is 1.22 bits per heavy atom. The van der Waals surface area contributed by atoms with Crippen LogP contribution in [0, 0.1) is 11.6 Å². The van der Waals surface area contributed by atoms with E-state index in [9.17, 15) is 8.78 Å². The predicted molar refractivity (Wildman–Crippen MR) is 66.4 cm³/mol. The Kier molecular flexibility index (Phi) is 4.66. The van der Waals surface area contributed by atoms with Gasteiger partial charge in [0.25, 0.3) is 0 Å². The van der Waals surface area contributed by atoms with E-state index in [1.54, 1.807) is 6.92 Å². The number of hydrogen-bond donors (Lipinski definition) is 1. The van der Waals surface area contributed by atoms with Gasteiger partial charge >= 0.3 is 0 Å². The van der Waals surface area contributed by atoms with Crippen LogP contribution in [0.15, 0.2) is 18.2 Å². The Hall–Kier alpha value is -1.00. The van der Waals surface area contributed by atoms with Crippen molar-refractivity contribution in [3.05, 3.63) is 35.4 Å². The lowest BCUT2D eigenvalue weighted by molar-refractivity contribution is 0.142. The smallest absolute Gasteiger partial charge is 0.130 e. The van der Waals surface area contributed by atoms with E-state index in [-0.39, 0.29) is 17.6 Å². The molecule has 1 aromatic rings. The van der Waals surface area contributed by atoms with Crippen LogP contribution in [-0.4, -0.2) is 19.3 Å². The van der Waals surface area contributed by atoms with Crippen molar-refractivity contribution in [2.75, 3.05) is 13.2 Å². The Balaban J connectivity index is 2.04. The summed E-state index contributed by atoms with van der Waals surface area (Å²) in [6, 6.07) is 3.93. The number of halogens is 2. The van der Waals surface area contributed by atoms with Gasteiger partial charge in [-0.25, -0.2) is 8.78 Å². The lowest BCUT2D eigenvalue weighted by Crippen LogP contribution is -2.32. The Bertz CT molecular complexity index is 369.